The van der Waals surface area contributed by atoms with Crippen LogP contribution >= 0.6 is 0 Å². The summed E-state index contributed by atoms with van der Waals surface area (Å²) in [5.74, 6) is -0.454. The molecule has 5 heteroatoms. The van der Waals surface area contributed by atoms with Crippen LogP contribution in [0.1, 0.15) is 22.6 Å². The summed E-state index contributed by atoms with van der Waals surface area (Å²) in [6, 6.07) is 11.3. The summed E-state index contributed by atoms with van der Waals surface area (Å²) in [6.45, 7) is 4.12. The molecule has 0 radical (unpaired) electrons. The lowest BCUT2D eigenvalue weighted by atomic mass is 10.1. The van der Waals surface area contributed by atoms with Crippen molar-refractivity contribution < 1.29 is 9.59 Å². The number of hydrogen-bond donors (Lipinski definition) is 0. The Kier molecular flexibility index (Phi) is 3.33. The first kappa shape index (κ1) is 13.5. The van der Waals surface area contributed by atoms with Gasteiger partial charge in [-0.3, -0.25) is 9.59 Å². The minimum absolute atomic E-state index is 0.0129. The van der Waals surface area contributed by atoms with Crippen molar-refractivity contribution in [2.24, 2.45) is 5.92 Å². The third-order valence-electron chi connectivity index (χ3n) is 3.76. The first-order valence-electron chi connectivity index (χ1n) is 6.99. The summed E-state index contributed by atoms with van der Waals surface area (Å²) < 4.78 is 1.42. The van der Waals surface area contributed by atoms with Crippen molar-refractivity contribution in [3.05, 3.63) is 47.8 Å². The highest BCUT2D eigenvalue weighted by Gasteiger charge is 2.36. The number of aromatic nitrogens is 2. The Hall–Kier alpha value is -2.43. The van der Waals surface area contributed by atoms with Gasteiger partial charge in [0, 0.05) is 24.3 Å². The maximum absolute atomic E-state index is 12.5. The summed E-state index contributed by atoms with van der Waals surface area (Å²) in [7, 11) is 0. The second-order valence-electron chi connectivity index (χ2n) is 5.42. The molecule has 1 aliphatic heterocycles. The number of anilines is 1. The summed E-state index contributed by atoms with van der Waals surface area (Å²) in [4.78, 5) is 26.4. The first-order chi connectivity index (χ1) is 10.1. The van der Waals surface area contributed by atoms with Gasteiger partial charge in [0.25, 0.3) is 5.91 Å². The van der Waals surface area contributed by atoms with Crippen molar-refractivity contribution in [2.75, 3.05) is 11.4 Å². The fourth-order valence-electron chi connectivity index (χ4n) is 2.76. The zero-order chi connectivity index (χ0) is 15.0. The van der Waals surface area contributed by atoms with E-state index in [4.69, 9.17) is 0 Å². The Bertz CT molecular complexity index is 691. The highest BCUT2D eigenvalue weighted by molar-refractivity contribution is 6.00. The van der Waals surface area contributed by atoms with Crippen LogP contribution in [0.15, 0.2) is 36.4 Å². The summed E-state index contributed by atoms with van der Waals surface area (Å²) in [5, 5.41) is 4.21. The van der Waals surface area contributed by atoms with E-state index in [0.29, 0.717) is 6.54 Å². The molecule has 2 heterocycles. The van der Waals surface area contributed by atoms with E-state index in [1.807, 2.05) is 50.2 Å². The minimum atomic E-state index is -0.337. The van der Waals surface area contributed by atoms with Gasteiger partial charge in [-0.1, -0.05) is 18.2 Å². The highest BCUT2D eigenvalue weighted by atomic mass is 16.2. The topological polar surface area (TPSA) is 55.2 Å². The number of para-hydroxylation sites is 1. The van der Waals surface area contributed by atoms with Crippen molar-refractivity contribution in [1.29, 1.82) is 0 Å². The molecule has 0 unspecified atom stereocenters. The molecule has 2 aromatic rings. The molecular weight excluding hydrogens is 266 g/mol. The predicted octanol–water partition coefficient (Wildman–Crippen LogP) is 2.19. The Morgan fingerprint density at radius 1 is 1.24 bits per heavy atom. The van der Waals surface area contributed by atoms with Crippen molar-refractivity contribution in [3.8, 4) is 0 Å². The molecule has 3 rings (SSSR count). The number of nitrogens with zero attached hydrogens (tertiary/aromatic N) is 3. The fraction of sp³-hybridized carbons (Fsp3) is 0.312. The van der Waals surface area contributed by atoms with Crippen LogP contribution in [0.4, 0.5) is 5.69 Å². The fourth-order valence-corrected chi connectivity index (χ4v) is 2.76. The van der Waals surface area contributed by atoms with Crippen LogP contribution in [-0.4, -0.2) is 28.1 Å². The number of carbonyl (C=O) groups excluding carboxylic acids is 2. The average Bonchev–Trinajstić information content (AvgIpc) is 3.02. The largest absolute Gasteiger partial charge is 0.312 e. The van der Waals surface area contributed by atoms with Gasteiger partial charge in [-0.15, -0.1) is 0 Å². The molecule has 21 heavy (non-hydrogen) atoms. The Labute approximate surface area is 123 Å². The molecule has 1 saturated heterocycles. The van der Waals surface area contributed by atoms with Crippen LogP contribution in [0.5, 0.6) is 0 Å². The molecule has 1 atom stereocenters. The van der Waals surface area contributed by atoms with E-state index in [9.17, 15) is 9.59 Å². The molecule has 0 N–H and O–H groups in total. The Morgan fingerprint density at radius 3 is 2.57 bits per heavy atom. The van der Waals surface area contributed by atoms with Crippen molar-refractivity contribution in [2.45, 2.75) is 20.3 Å². The van der Waals surface area contributed by atoms with Gasteiger partial charge >= 0.3 is 0 Å². The number of carbonyl (C=O) groups is 2. The van der Waals surface area contributed by atoms with Crippen LogP contribution in [0.2, 0.25) is 0 Å². The molecular formula is C16H17N3O2. The molecule has 1 aromatic heterocycles. The number of aryl methyl sites for hydroxylation is 2. The average molecular weight is 283 g/mol. The molecule has 0 aliphatic carbocycles. The predicted molar refractivity (Wildman–Crippen MR) is 79.2 cm³/mol. The number of rotatable bonds is 2. The van der Waals surface area contributed by atoms with Crippen LogP contribution < -0.4 is 4.90 Å². The molecule has 5 nitrogen and oxygen atoms in total. The molecule has 0 bridgehead atoms. The van der Waals surface area contributed by atoms with E-state index in [1.165, 1.54) is 4.68 Å². The smallest absolute Gasteiger partial charge is 0.252 e. The van der Waals surface area contributed by atoms with E-state index in [2.05, 4.69) is 5.10 Å². The van der Waals surface area contributed by atoms with Gasteiger partial charge in [0.15, 0.2) is 0 Å². The van der Waals surface area contributed by atoms with Gasteiger partial charge in [0.1, 0.15) is 0 Å². The van der Waals surface area contributed by atoms with Gasteiger partial charge in [0.05, 0.1) is 11.6 Å². The molecule has 0 spiro atoms. The Morgan fingerprint density at radius 2 is 1.95 bits per heavy atom. The van der Waals surface area contributed by atoms with Crippen LogP contribution in [0, 0.1) is 19.8 Å². The van der Waals surface area contributed by atoms with E-state index >= 15 is 0 Å². The second-order valence-corrected chi connectivity index (χ2v) is 5.42. The lowest BCUT2D eigenvalue weighted by Crippen LogP contribution is -2.28. The van der Waals surface area contributed by atoms with Gasteiger partial charge in [-0.2, -0.15) is 5.10 Å². The molecule has 1 aliphatic rings. The highest BCUT2D eigenvalue weighted by Crippen LogP contribution is 2.26. The normalized spacial score (nSPS) is 18.3. The van der Waals surface area contributed by atoms with E-state index in [1.54, 1.807) is 4.90 Å². The van der Waals surface area contributed by atoms with Gasteiger partial charge in [-0.05, 0) is 32.0 Å². The third kappa shape index (κ3) is 2.46. The van der Waals surface area contributed by atoms with E-state index < -0.39 is 0 Å². The lowest BCUT2D eigenvalue weighted by Gasteiger charge is -2.16. The number of hydrogen-bond acceptors (Lipinski definition) is 3. The number of amides is 1. The molecule has 1 aromatic carbocycles. The standard InChI is InChI=1S/C16H17N3O2/c1-11-8-12(2)19(17-11)16(21)13-9-15(20)18(10-13)14-6-4-3-5-7-14/h3-8,13H,9-10H2,1-2H3/t13-/m1/s1. The Balaban J connectivity index is 1.81. The van der Waals surface area contributed by atoms with Crippen LogP contribution in [0.25, 0.3) is 0 Å². The van der Waals surface area contributed by atoms with E-state index in [-0.39, 0.29) is 24.2 Å². The van der Waals surface area contributed by atoms with Crippen LogP contribution in [0.3, 0.4) is 0 Å². The van der Waals surface area contributed by atoms with Crippen molar-refractivity contribution in [3.63, 3.8) is 0 Å². The second kappa shape index (κ2) is 5.16. The quantitative estimate of drug-likeness (QED) is 0.849. The summed E-state index contributed by atoms with van der Waals surface area (Å²) in [6.07, 6.45) is 0.242. The SMILES string of the molecule is Cc1cc(C)n(C(=O)[C@@H]2CC(=O)N(c3ccccc3)C2)n1. The third-order valence-corrected chi connectivity index (χ3v) is 3.76. The molecule has 0 saturated carbocycles. The van der Waals surface area contributed by atoms with Gasteiger partial charge in [0.2, 0.25) is 5.91 Å². The number of benzene rings is 1. The summed E-state index contributed by atoms with van der Waals surface area (Å²) in [5.41, 5.74) is 2.46. The summed E-state index contributed by atoms with van der Waals surface area (Å²) >= 11 is 0. The first-order valence-corrected chi connectivity index (χ1v) is 6.99. The molecule has 1 amide bonds. The lowest BCUT2D eigenvalue weighted by molar-refractivity contribution is -0.117. The van der Waals surface area contributed by atoms with Crippen molar-refractivity contribution >= 4 is 17.5 Å². The maximum atomic E-state index is 12.5. The minimum Gasteiger partial charge on any atom is -0.312 e. The van der Waals surface area contributed by atoms with Crippen LogP contribution in [-0.2, 0) is 4.79 Å². The van der Waals surface area contributed by atoms with Gasteiger partial charge < -0.3 is 4.90 Å². The molecule has 1 fully saturated rings. The monoisotopic (exact) mass is 283 g/mol. The maximum Gasteiger partial charge on any atom is 0.252 e. The van der Waals surface area contributed by atoms with E-state index in [0.717, 1.165) is 17.1 Å². The molecule has 108 valence electrons. The van der Waals surface area contributed by atoms with Crippen molar-refractivity contribution in [1.82, 2.24) is 9.78 Å². The zero-order valence-corrected chi connectivity index (χ0v) is 12.1. The zero-order valence-electron chi connectivity index (χ0n) is 12.1. The van der Waals surface area contributed by atoms with Gasteiger partial charge in [-0.25, -0.2) is 4.68 Å².